The molecule has 2 amide bonds. The van der Waals surface area contributed by atoms with E-state index in [1.54, 1.807) is 24.0 Å². The van der Waals surface area contributed by atoms with Crippen LogP contribution in [0, 0.1) is 5.82 Å². The Balaban J connectivity index is 1.71. The van der Waals surface area contributed by atoms with Gasteiger partial charge in [0.25, 0.3) is 0 Å². The molecule has 0 radical (unpaired) electrons. The number of amides is 2. The van der Waals surface area contributed by atoms with Gasteiger partial charge in [0.2, 0.25) is 11.8 Å². The summed E-state index contributed by atoms with van der Waals surface area (Å²) in [6.07, 6.45) is 0.744. The maximum Gasteiger partial charge on any atom is 0.242 e. The van der Waals surface area contributed by atoms with Crippen LogP contribution in [0.4, 0.5) is 4.39 Å². The molecule has 0 bridgehead atoms. The number of benzene rings is 2. The molecule has 0 fully saturated rings. The zero-order valence-corrected chi connectivity index (χ0v) is 18.2. The number of nitrogens with zero attached hydrogens (tertiary/aromatic N) is 1. The number of rotatable bonds is 8. The summed E-state index contributed by atoms with van der Waals surface area (Å²) in [6.45, 7) is 6.72. The Labute approximate surface area is 182 Å². The highest BCUT2D eigenvalue weighted by molar-refractivity contribution is 5.87. The number of aryl methyl sites for hydroxylation is 1. The molecule has 6 nitrogen and oxygen atoms in total. The van der Waals surface area contributed by atoms with Gasteiger partial charge in [0.1, 0.15) is 25.1 Å². The number of nitrogens with one attached hydrogen (secondary N) is 1. The molecule has 1 heterocycles. The highest BCUT2D eigenvalue weighted by Crippen LogP contribution is 2.31. The number of carbonyl (C=O) groups is 2. The zero-order valence-electron chi connectivity index (χ0n) is 18.2. The van der Waals surface area contributed by atoms with Crippen molar-refractivity contribution in [3.63, 3.8) is 0 Å². The van der Waals surface area contributed by atoms with Gasteiger partial charge >= 0.3 is 0 Å². The van der Waals surface area contributed by atoms with Crippen LogP contribution >= 0.6 is 0 Å². The predicted octanol–water partition coefficient (Wildman–Crippen LogP) is 3.47. The minimum absolute atomic E-state index is 0.0320. The summed E-state index contributed by atoms with van der Waals surface area (Å²) >= 11 is 0. The molecular weight excluding hydrogens is 399 g/mol. The molecule has 31 heavy (non-hydrogen) atoms. The maximum absolute atomic E-state index is 13.3. The van der Waals surface area contributed by atoms with Gasteiger partial charge < -0.3 is 19.7 Å². The van der Waals surface area contributed by atoms with Crippen LogP contribution < -0.4 is 14.8 Å². The molecule has 1 aliphatic heterocycles. The largest absolute Gasteiger partial charge is 0.486 e. The standard InChI is InChI=1S/C24H29FN2O4/c1-16(2)26-24(29)17(3)27(15-19-4-8-20(25)9-5-19)23(28)11-7-18-6-10-21-22(14-18)31-13-12-30-21/h4-6,8-10,14,16-17H,7,11-13,15H2,1-3H3,(H,26,29)/t17-/m0/s1. The van der Waals surface area contributed by atoms with E-state index in [0.29, 0.717) is 31.1 Å². The van der Waals surface area contributed by atoms with Gasteiger partial charge in [-0.1, -0.05) is 18.2 Å². The Morgan fingerprint density at radius 2 is 1.65 bits per heavy atom. The van der Waals surface area contributed by atoms with E-state index in [4.69, 9.17) is 9.47 Å². The highest BCUT2D eigenvalue weighted by Gasteiger charge is 2.26. The molecule has 1 aliphatic rings. The number of halogens is 1. The van der Waals surface area contributed by atoms with Gasteiger partial charge in [0.05, 0.1) is 0 Å². The van der Waals surface area contributed by atoms with Gasteiger partial charge in [-0.2, -0.15) is 0 Å². The van der Waals surface area contributed by atoms with Gasteiger partial charge in [0, 0.05) is 19.0 Å². The molecule has 0 aromatic heterocycles. The van der Waals surface area contributed by atoms with Crippen molar-refractivity contribution in [3.8, 4) is 11.5 Å². The first-order chi connectivity index (χ1) is 14.8. The summed E-state index contributed by atoms with van der Waals surface area (Å²) in [7, 11) is 0. The van der Waals surface area contributed by atoms with Crippen molar-refractivity contribution in [2.24, 2.45) is 0 Å². The van der Waals surface area contributed by atoms with E-state index >= 15 is 0 Å². The third-order valence-electron chi connectivity index (χ3n) is 5.10. The summed E-state index contributed by atoms with van der Waals surface area (Å²) in [5.74, 6) is 0.684. The van der Waals surface area contributed by atoms with E-state index < -0.39 is 6.04 Å². The van der Waals surface area contributed by atoms with Crippen molar-refractivity contribution in [1.82, 2.24) is 10.2 Å². The second-order valence-corrected chi connectivity index (χ2v) is 7.97. The molecule has 0 saturated carbocycles. The second kappa shape index (κ2) is 10.3. The fourth-order valence-corrected chi connectivity index (χ4v) is 3.41. The lowest BCUT2D eigenvalue weighted by Crippen LogP contribution is -2.49. The van der Waals surface area contributed by atoms with Gasteiger partial charge in [-0.05, 0) is 62.6 Å². The monoisotopic (exact) mass is 428 g/mol. The minimum atomic E-state index is -0.653. The first kappa shape index (κ1) is 22.6. The third-order valence-corrected chi connectivity index (χ3v) is 5.10. The molecule has 166 valence electrons. The molecule has 0 saturated heterocycles. The van der Waals surface area contributed by atoms with E-state index in [1.165, 1.54) is 12.1 Å². The van der Waals surface area contributed by atoms with Crippen molar-refractivity contribution in [1.29, 1.82) is 0 Å². The fraction of sp³-hybridized carbons (Fsp3) is 0.417. The van der Waals surface area contributed by atoms with Crippen molar-refractivity contribution in [3.05, 3.63) is 59.4 Å². The summed E-state index contributed by atoms with van der Waals surface area (Å²) in [5.41, 5.74) is 1.72. The van der Waals surface area contributed by atoms with Crippen LogP contribution in [0.1, 0.15) is 38.3 Å². The highest BCUT2D eigenvalue weighted by atomic mass is 19.1. The van der Waals surface area contributed by atoms with Crippen molar-refractivity contribution in [2.45, 2.75) is 52.2 Å². The van der Waals surface area contributed by atoms with Gasteiger partial charge in [-0.25, -0.2) is 4.39 Å². The van der Waals surface area contributed by atoms with Crippen molar-refractivity contribution >= 4 is 11.8 Å². The fourth-order valence-electron chi connectivity index (χ4n) is 3.41. The molecule has 0 spiro atoms. The van der Waals surface area contributed by atoms with Gasteiger partial charge in [0.15, 0.2) is 11.5 Å². The van der Waals surface area contributed by atoms with Gasteiger partial charge in [-0.15, -0.1) is 0 Å². The van der Waals surface area contributed by atoms with Crippen LogP contribution in [0.25, 0.3) is 0 Å². The molecular formula is C24H29FN2O4. The van der Waals surface area contributed by atoms with Crippen LogP contribution in [0.5, 0.6) is 11.5 Å². The third kappa shape index (κ3) is 6.20. The molecule has 2 aromatic rings. The Kier molecular flexibility index (Phi) is 7.50. The maximum atomic E-state index is 13.3. The Morgan fingerprint density at radius 1 is 1.00 bits per heavy atom. The van der Waals surface area contributed by atoms with E-state index in [-0.39, 0.29) is 36.6 Å². The number of hydrogen-bond donors (Lipinski definition) is 1. The zero-order chi connectivity index (χ0) is 22.4. The van der Waals surface area contributed by atoms with E-state index in [1.807, 2.05) is 32.0 Å². The van der Waals surface area contributed by atoms with Crippen LogP contribution in [-0.2, 0) is 22.6 Å². The summed E-state index contributed by atoms with van der Waals surface area (Å²) < 4.78 is 24.4. The van der Waals surface area contributed by atoms with Crippen LogP contribution in [-0.4, -0.2) is 42.0 Å². The van der Waals surface area contributed by atoms with Gasteiger partial charge in [-0.3, -0.25) is 9.59 Å². The topological polar surface area (TPSA) is 67.9 Å². The normalized spacial score (nSPS) is 13.6. The van der Waals surface area contributed by atoms with Crippen molar-refractivity contribution in [2.75, 3.05) is 13.2 Å². The second-order valence-electron chi connectivity index (χ2n) is 7.97. The molecule has 1 N–H and O–H groups in total. The van der Waals surface area contributed by atoms with E-state index in [2.05, 4.69) is 5.32 Å². The molecule has 0 aliphatic carbocycles. The molecule has 0 unspecified atom stereocenters. The number of hydrogen-bond acceptors (Lipinski definition) is 4. The Bertz CT molecular complexity index is 914. The summed E-state index contributed by atoms with van der Waals surface area (Å²) in [5, 5.41) is 2.86. The average molecular weight is 429 g/mol. The number of fused-ring (bicyclic) bond motifs is 1. The van der Waals surface area contributed by atoms with Crippen LogP contribution in [0.2, 0.25) is 0 Å². The predicted molar refractivity (Wildman–Crippen MR) is 115 cm³/mol. The average Bonchev–Trinajstić information content (AvgIpc) is 2.76. The Hall–Kier alpha value is -3.09. The summed E-state index contributed by atoms with van der Waals surface area (Å²) in [4.78, 5) is 27.3. The molecule has 1 atom stereocenters. The summed E-state index contributed by atoms with van der Waals surface area (Å²) in [6, 6.07) is 10.9. The van der Waals surface area contributed by atoms with Crippen molar-refractivity contribution < 1.29 is 23.5 Å². The lowest BCUT2D eigenvalue weighted by molar-refractivity contribution is -0.140. The molecule has 2 aromatic carbocycles. The first-order valence-corrected chi connectivity index (χ1v) is 10.6. The van der Waals surface area contributed by atoms with E-state index in [9.17, 15) is 14.0 Å². The first-order valence-electron chi connectivity index (χ1n) is 10.6. The number of ether oxygens (including phenoxy) is 2. The van der Waals surface area contributed by atoms with Crippen LogP contribution in [0.3, 0.4) is 0 Å². The lowest BCUT2D eigenvalue weighted by atomic mass is 10.1. The lowest BCUT2D eigenvalue weighted by Gasteiger charge is -2.29. The quantitative estimate of drug-likeness (QED) is 0.699. The SMILES string of the molecule is CC(C)NC(=O)[C@H](C)N(Cc1ccc(F)cc1)C(=O)CCc1ccc2c(c1)OCCO2. The van der Waals surface area contributed by atoms with E-state index in [0.717, 1.165) is 11.1 Å². The Morgan fingerprint density at radius 3 is 2.32 bits per heavy atom. The minimum Gasteiger partial charge on any atom is -0.486 e. The smallest absolute Gasteiger partial charge is 0.242 e. The number of carbonyl (C=O) groups excluding carboxylic acids is 2. The molecule has 3 rings (SSSR count). The van der Waals surface area contributed by atoms with Crippen LogP contribution in [0.15, 0.2) is 42.5 Å². The molecule has 7 heteroatoms.